The summed E-state index contributed by atoms with van der Waals surface area (Å²) in [5.74, 6) is -0.967. The summed E-state index contributed by atoms with van der Waals surface area (Å²) < 4.78 is 0. The van der Waals surface area contributed by atoms with E-state index in [2.05, 4.69) is 0 Å². The molecule has 2 rings (SSSR count). The van der Waals surface area contributed by atoms with Crippen molar-refractivity contribution in [3.05, 3.63) is 34.9 Å². The lowest BCUT2D eigenvalue weighted by Crippen LogP contribution is -2.50. The maximum atomic E-state index is 11.0. The standard InChI is InChI=1S/C11H11ClO2/c12-9-4-2-8(3-5-9)11(10(13)14)6-1-7-11/h2-5H,1,6-7H2,(H,13,14)/p-1. The van der Waals surface area contributed by atoms with Gasteiger partial charge in [-0.1, -0.05) is 30.2 Å². The molecule has 0 heterocycles. The monoisotopic (exact) mass is 209 g/mol. The number of rotatable bonds is 2. The van der Waals surface area contributed by atoms with Gasteiger partial charge in [0, 0.05) is 10.4 Å². The average Bonchev–Trinajstić information content (AvgIpc) is 2.05. The minimum atomic E-state index is -0.967. The fourth-order valence-corrected chi connectivity index (χ4v) is 2.04. The second-order valence-corrected chi connectivity index (χ2v) is 4.17. The van der Waals surface area contributed by atoms with Gasteiger partial charge in [-0.2, -0.15) is 0 Å². The van der Waals surface area contributed by atoms with E-state index in [9.17, 15) is 9.90 Å². The van der Waals surface area contributed by atoms with Crippen molar-refractivity contribution in [2.24, 2.45) is 0 Å². The molecule has 0 amide bonds. The molecule has 0 atom stereocenters. The van der Waals surface area contributed by atoms with Crippen molar-refractivity contribution in [1.82, 2.24) is 0 Å². The van der Waals surface area contributed by atoms with Gasteiger partial charge >= 0.3 is 0 Å². The molecule has 0 spiro atoms. The van der Waals surface area contributed by atoms with Gasteiger partial charge in [-0.05, 0) is 30.5 Å². The summed E-state index contributed by atoms with van der Waals surface area (Å²) in [5, 5.41) is 11.7. The zero-order valence-electron chi connectivity index (χ0n) is 7.63. The van der Waals surface area contributed by atoms with Crippen LogP contribution in [-0.4, -0.2) is 5.97 Å². The van der Waals surface area contributed by atoms with Crippen molar-refractivity contribution in [2.45, 2.75) is 24.7 Å². The lowest BCUT2D eigenvalue weighted by atomic mass is 9.64. The highest BCUT2D eigenvalue weighted by atomic mass is 35.5. The molecule has 0 aromatic heterocycles. The molecule has 0 unspecified atom stereocenters. The van der Waals surface area contributed by atoms with Crippen LogP contribution >= 0.6 is 11.6 Å². The molecular weight excluding hydrogens is 200 g/mol. The van der Waals surface area contributed by atoms with Crippen LogP contribution in [0.5, 0.6) is 0 Å². The molecule has 0 saturated heterocycles. The summed E-state index contributed by atoms with van der Waals surface area (Å²) in [4.78, 5) is 11.0. The predicted octanol–water partition coefficient (Wildman–Crippen LogP) is 1.51. The number of hydrogen-bond donors (Lipinski definition) is 0. The van der Waals surface area contributed by atoms with E-state index in [0.717, 1.165) is 12.0 Å². The topological polar surface area (TPSA) is 40.1 Å². The highest BCUT2D eigenvalue weighted by Crippen LogP contribution is 2.43. The number of carboxylic acid groups (broad SMARTS) is 1. The van der Waals surface area contributed by atoms with Crippen LogP contribution in [0.1, 0.15) is 24.8 Å². The van der Waals surface area contributed by atoms with Gasteiger partial charge in [0.25, 0.3) is 0 Å². The summed E-state index contributed by atoms with van der Waals surface area (Å²) in [7, 11) is 0. The van der Waals surface area contributed by atoms with Crippen molar-refractivity contribution in [2.75, 3.05) is 0 Å². The van der Waals surface area contributed by atoms with E-state index >= 15 is 0 Å². The van der Waals surface area contributed by atoms with Crippen molar-refractivity contribution in [3.8, 4) is 0 Å². The second kappa shape index (κ2) is 3.28. The Morgan fingerprint density at radius 1 is 1.29 bits per heavy atom. The molecule has 1 aliphatic carbocycles. The van der Waals surface area contributed by atoms with Gasteiger partial charge in [0.2, 0.25) is 0 Å². The maximum Gasteiger partial charge on any atom is 0.0520 e. The highest BCUT2D eigenvalue weighted by Gasteiger charge is 2.39. The molecule has 3 heteroatoms. The highest BCUT2D eigenvalue weighted by molar-refractivity contribution is 6.30. The third-order valence-corrected chi connectivity index (χ3v) is 3.25. The molecule has 74 valence electrons. The van der Waals surface area contributed by atoms with Gasteiger partial charge in [-0.25, -0.2) is 0 Å². The number of carboxylic acids is 1. The number of halogens is 1. The van der Waals surface area contributed by atoms with Crippen LogP contribution < -0.4 is 5.11 Å². The fourth-order valence-electron chi connectivity index (χ4n) is 1.91. The third kappa shape index (κ3) is 1.30. The first kappa shape index (κ1) is 9.53. The van der Waals surface area contributed by atoms with Crippen LogP contribution in [0.15, 0.2) is 24.3 Å². The molecule has 1 aliphatic rings. The molecular formula is C11H10ClO2-. The van der Waals surface area contributed by atoms with Crippen LogP contribution in [0.25, 0.3) is 0 Å². The van der Waals surface area contributed by atoms with Gasteiger partial charge in [0.05, 0.1) is 5.97 Å². The van der Waals surface area contributed by atoms with E-state index in [-0.39, 0.29) is 0 Å². The van der Waals surface area contributed by atoms with Crippen molar-refractivity contribution in [3.63, 3.8) is 0 Å². The van der Waals surface area contributed by atoms with Gasteiger partial charge in [0.15, 0.2) is 0 Å². The molecule has 1 saturated carbocycles. The molecule has 0 bridgehead atoms. The first-order valence-electron chi connectivity index (χ1n) is 4.63. The Morgan fingerprint density at radius 2 is 1.86 bits per heavy atom. The number of carbonyl (C=O) groups is 1. The zero-order chi connectivity index (χ0) is 10.2. The molecule has 0 N–H and O–H groups in total. The molecule has 1 aromatic rings. The smallest absolute Gasteiger partial charge is 0.0520 e. The van der Waals surface area contributed by atoms with Crippen molar-refractivity contribution >= 4 is 17.6 Å². The van der Waals surface area contributed by atoms with E-state index in [1.54, 1.807) is 24.3 Å². The first-order chi connectivity index (χ1) is 6.65. The third-order valence-electron chi connectivity index (χ3n) is 2.99. The maximum absolute atomic E-state index is 11.0. The quantitative estimate of drug-likeness (QED) is 0.741. The number of hydrogen-bond acceptors (Lipinski definition) is 2. The Morgan fingerprint density at radius 3 is 2.21 bits per heavy atom. The summed E-state index contributed by atoms with van der Waals surface area (Å²) in [6.45, 7) is 0. The molecule has 2 nitrogen and oxygen atoms in total. The molecule has 14 heavy (non-hydrogen) atoms. The number of benzene rings is 1. The average molecular weight is 210 g/mol. The number of aliphatic carboxylic acids is 1. The first-order valence-corrected chi connectivity index (χ1v) is 5.00. The SMILES string of the molecule is O=C([O-])C1(c2ccc(Cl)cc2)CCC1. The van der Waals surface area contributed by atoms with Crippen LogP contribution in [0.3, 0.4) is 0 Å². The van der Waals surface area contributed by atoms with Crippen molar-refractivity contribution < 1.29 is 9.90 Å². The Bertz CT molecular complexity index is 352. The predicted molar refractivity (Wildman–Crippen MR) is 52.0 cm³/mol. The normalized spacial score (nSPS) is 18.6. The Hall–Kier alpha value is -1.02. The Labute approximate surface area is 87.5 Å². The van der Waals surface area contributed by atoms with Crippen LogP contribution in [-0.2, 0) is 10.2 Å². The fraction of sp³-hybridized carbons (Fsp3) is 0.364. The summed E-state index contributed by atoms with van der Waals surface area (Å²) in [5.41, 5.74) is 0.0677. The summed E-state index contributed by atoms with van der Waals surface area (Å²) in [6.07, 6.45) is 2.31. The summed E-state index contributed by atoms with van der Waals surface area (Å²) in [6, 6.07) is 6.99. The van der Waals surface area contributed by atoms with E-state index in [0.29, 0.717) is 17.9 Å². The summed E-state index contributed by atoms with van der Waals surface area (Å²) >= 11 is 5.74. The molecule has 1 fully saturated rings. The minimum Gasteiger partial charge on any atom is -0.549 e. The van der Waals surface area contributed by atoms with Crippen LogP contribution in [0.4, 0.5) is 0 Å². The Balaban J connectivity index is 2.37. The molecule has 1 aromatic carbocycles. The van der Waals surface area contributed by atoms with E-state index in [1.807, 2.05) is 0 Å². The van der Waals surface area contributed by atoms with Gasteiger partial charge < -0.3 is 9.90 Å². The number of carbonyl (C=O) groups excluding carboxylic acids is 1. The van der Waals surface area contributed by atoms with Gasteiger partial charge in [0.1, 0.15) is 0 Å². The second-order valence-electron chi connectivity index (χ2n) is 3.73. The molecule has 0 aliphatic heterocycles. The lowest BCUT2D eigenvalue weighted by Gasteiger charge is -2.43. The molecule has 0 radical (unpaired) electrons. The van der Waals surface area contributed by atoms with E-state index in [1.165, 1.54) is 0 Å². The lowest BCUT2D eigenvalue weighted by molar-refractivity contribution is -0.317. The largest absolute Gasteiger partial charge is 0.549 e. The van der Waals surface area contributed by atoms with Crippen LogP contribution in [0.2, 0.25) is 5.02 Å². The van der Waals surface area contributed by atoms with Gasteiger partial charge in [-0.15, -0.1) is 0 Å². The van der Waals surface area contributed by atoms with E-state index in [4.69, 9.17) is 11.6 Å². The Kier molecular flexibility index (Phi) is 2.23. The van der Waals surface area contributed by atoms with E-state index < -0.39 is 11.4 Å². The van der Waals surface area contributed by atoms with Crippen molar-refractivity contribution in [1.29, 1.82) is 0 Å². The van der Waals surface area contributed by atoms with Crippen LogP contribution in [0, 0.1) is 0 Å². The zero-order valence-corrected chi connectivity index (χ0v) is 8.38. The van der Waals surface area contributed by atoms with Gasteiger partial charge in [-0.3, -0.25) is 0 Å². The minimum absolute atomic E-state index is 0.626.